The van der Waals surface area contributed by atoms with E-state index in [1.807, 2.05) is 39.0 Å². The van der Waals surface area contributed by atoms with E-state index in [4.69, 9.17) is 16.3 Å². The molecule has 1 atom stereocenters. The summed E-state index contributed by atoms with van der Waals surface area (Å²) in [5.74, 6) is -0.0298. The molecular formula is C26H24ClF3N4O2. The molecule has 0 fully saturated rings. The molecule has 3 aromatic carbocycles. The number of amides is 1. The molecule has 2 heterocycles. The fourth-order valence-electron chi connectivity index (χ4n) is 4.43. The molecule has 10 heteroatoms. The summed E-state index contributed by atoms with van der Waals surface area (Å²) in [5, 5.41) is 13.3. The Morgan fingerprint density at radius 1 is 1.11 bits per heavy atom. The van der Waals surface area contributed by atoms with Gasteiger partial charge in [-0.2, -0.15) is 13.2 Å². The first-order chi connectivity index (χ1) is 16.9. The van der Waals surface area contributed by atoms with Crippen LogP contribution in [-0.2, 0) is 12.6 Å². The van der Waals surface area contributed by atoms with Crippen LogP contribution in [0, 0.1) is 6.92 Å². The summed E-state index contributed by atoms with van der Waals surface area (Å²) in [6, 6.07) is 11.7. The molecule has 3 aromatic rings. The number of fused-ring (bicyclic) bond motifs is 3. The quantitative estimate of drug-likeness (QED) is 0.304. The molecule has 0 radical (unpaired) electrons. The van der Waals surface area contributed by atoms with E-state index in [0.717, 1.165) is 34.6 Å². The zero-order valence-corrected chi connectivity index (χ0v) is 20.5. The normalized spacial score (nSPS) is 17.4. The number of ether oxygens (including phenoxy) is 1. The van der Waals surface area contributed by atoms with E-state index in [2.05, 4.69) is 21.3 Å². The van der Waals surface area contributed by atoms with Gasteiger partial charge < -0.3 is 26.0 Å². The van der Waals surface area contributed by atoms with Crippen LogP contribution in [0.4, 0.5) is 35.9 Å². The number of hydrogen-bond donors (Lipinski definition) is 4. The second-order valence-corrected chi connectivity index (χ2v) is 9.98. The third-order valence-electron chi connectivity index (χ3n) is 6.09. The molecule has 0 bridgehead atoms. The molecule has 0 spiro atoms. The average molecular weight is 517 g/mol. The Balaban J connectivity index is 1.42. The maximum Gasteiger partial charge on any atom is 0.416 e. The number of anilines is 4. The number of benzene rings is 3. The Hall–Kier alpha value is -3.59. The van der Waals surface area contributed by atoms with Crippen LogP contribution in [0.5, 0.6) is 5.75 Å². The van der Waals surface area contributed by atoms with Gasteiger partial charge in [-0.15, -0.1) is 0 Å². The molecule has 1 amide bonds. The van der Waals surface area contributed by atoms with Crippen molar-refractivity contribution in [3.8, 4) is 5.75 Å². The number of alkyl halides is 3. The number of aryl methyl sites for hydroxylation is 1. The van der Waals surface area contributed by atoms with Crippen molar-refractivity contribution in [2.45, 2.75) is 45.3 Å². The third-order valence-corrected chi connectivity index (χ3v) is 6.40. The molecule has 36 heavy (non-hydrogen) atoms. The van der Waals surface area contributed by atoms with Gasteiger partial charge in [-0.3, -0.25) is 4.79 Å². The molecule has 4 N–H and O–H groups in total. The van der Waals surface area contributed by atoms with Crippen LogP contribution in [0.25, 0.3) is 0 Å². The maximum absolute atomic E-state index is 13.2. The van der Waals surface area contributed by atoms with Gasteiger partial charge in [-0.25, -0.2) is 0 Å². The Bertz CT molecular complexity index is 1360. The minimum Gasteiger partial charge on any atom is -0.486 e. The van der Waals surface area contributed by atoms with Crippen molar-refractivity contribution in [3.05, 3.63) is 75.8 Å². The Labute approximate surface area is 211 Å². The maximum atomic E-state index is 13.2. The van der Waals surface area contributed by atoms with E-state index in [1.165, 1.54) is 12.1 Å². The van der Waals surface area contributed by atoms with Crippen LogP contribution in [0.15, 0.2) is 48.5 Å². The van der Waals surface area contributed by atoms with Crippen LogP contribution < -0.4 is 26.0 Å². The number of carbonyl (C=O) groups is 1. The van der Waals surface area contributed by atoms with Gasteiger partial charge in [0.2, 0.25) is 0 Å². The fraction of sp³-hybridized carbons (Fsp3) is 0.269. The van der Waals surface area contributed by atoms with Gasteiger partial charge in [0.1, 0.15) is 11.4 Å². The van der Waals surface area contributed by atoms with Gasteiger partial charge >= 0.3 is 6.18 Å². The number of rotatable bonds is 4. The van der Waals surface area contributed by atoms with Crippen LogP contribution >= 0.6 is 11.6 Å². The van der Waals surface area contributed by atoms with E-state index in [0.29, 0.717) is 22.9 Å². The number of halogens is 4. The van der Waals surface area contributed by atoms with Crippen molar-refractivity contribution in [1.82, 2.24) is 0 Å². The van der Waals surface area contributed by atoms with Crippen molar-refractivity contribution < 1.29 is 22.7 Å². The molecule has 0 saturated heterocycles. The summed E-state index contributed by atoms with van der Waals surface area (Å²) in [7, 11) is 0. The number of carbonyl (C=O) groups excluding carboxylic acids is 1. The molecular weight excluding hydrogens is 493 g/mol. The molecule has 5 rings (SSSR count). The van der Waals surface area contributed by atoms with Crippen LogP contribution in [0.3, 0.4) is 0 Å². The zero-order valence-electron chi connectivity index (χ0n) is 19.7. The van der Waals surface area contributed by atoms with Gasteiger partial charge in [0.25, 0.3) is 5.91 Å². The van der Waals surface area contributed by atoms with Crippen LogP contribution in [0.2, 0.25) is 5.02 Å². The monoisotopic (exact) mass is 516 g/mol. The number of nitrogens with one attached hydrogen (secondary N) is 4. The second-order valence-electron chi connectivity index (χ2n) is 9.57. The lowest BCUT2D eigenvalue weighted by Gasteiger charge is -2.18. The first-order valence-corrected chi connectivity index (χ1v) is 11.7. The van der Waals surface area contributed by atoms with Crippen LogP contribution in [-0.4, -0.2) is 17.8 Å². The first kappa shape index (κ1) is 24.1. The van der Waals surface area contributed by atoms with E-state index >= 15 is 0 Å². The van der Waals surface area contributed by atoms with Crippen molar-refractivity contribution in [3.63, 3.8) is 0 Å². The highest BCUT2D eigenvalue weighted by molar-refractivity contribution is 6.33. The van der Waals surface area contributed by atoms with Crippen molar-refractivity contribution in [1.29, 1.82) is 0 Å². The molecule has 0 aliphatic carbocycles. The van der Waals surface area contributed by atoms with Crippen molar-refractivity contribution in [2.75, 3.05) is 21.3 Å². The SMILES string of the molecule is Cc1ccc(NC2Nc3cc(C(=O)Nc4ccc(C(F)(F)F)cc4)c4c(c3N2)CC(C)(C)O4)c(Cl)c1. The molecule has 0 saturated carbocycles. The highest BCUT2D eigenvalue weighted by Crippen LogP contribution is 2.48. The molecule has 2 aliphatic heterocycles. The predicted octanol–water partition coefficient (Wildman–Crippen LogP) is 6.87. The zero-order chi connectivity index (χ0) is 25.8. The Morgan fingerprint density at radius 2 is 1.83 bits per heavy atom. The largest absolute Gasteiger partial charge is 0.486 e. The minimum atomic E-state index is -4.45. The lowest BCUT2D eigenvalue weighted by atomic mass is 9.97. The highest BCUT2D eigenvalue weighted by Gasteiger charge is 2.39. The molecule has 1 unspecified atom stereocenters. The predicted molar refractivity (Wildman–Crippen MR) is 135 cm³/mol. The van der Waals surface area contributed by atoms with Gasteiger partial charge in [0.05, 0.1) is 33.2 Å². The molecule has 2 aliphatic rings. The molecule has 188 valence electrons. The molecule has 0 aromatic heterocycles. The van der Waals surface area contributed by atoms with Crippen molar-refractivity contribution >= 4 is 40.3 Å². The van der Waals surface area contributed by atoms with E-state index in [9.17, 15) is 18.0 Å². The molecule has 6 nitrogen and oxygen atoms in total. The summed E-state index contributed by atoms with van der Waals surface area (Å²) in [4.78, 5) is 13.2. The highest BCUT2D eigenvalue weighted by atomic mass is 35.5. The lowest BCUT2D eigenvalue weighted by Crippen LogP contribution is -2.31. The summed E-state index contributed by atoms with van der Waals surface area (Å²) in [6.45, 7) is 5.82. The Morgan fingerprint density at radius 3 is 2.50 bits per heavy atom. The van der Waals surface area contributed by atoms with Crippen molar-refractivity contribution in [2.24, 2.45) is 0 Å². The van der Waals surface area contributed by atoms with E-state index < -0.39 is 23.2 Å². The Kier molecular flexibility index (Phi) is 5.70. The van der Waals surface area contributed by atoms with E-state index in [-0.39, 0.29) is 17.5 Å². The third kappa shape index (κ3) is 4.63. The summed E-state index contributed by atoms with van der Waals surface area (Å²) < 4.78 is 44.8. The second kappa shape index (κ2) is 8.51. The smallest absolute Gasteiger partial charge is 0.416 e. The van der Waals surface area contributed by atoms with Gasteiger partial charge in [-0.05, 0) is 68.8 Å². The average Bonchev–Trinajstić information content (AvgIpc) is 3.33. The lowest BCUT2D eigenvalue weighted by molar-refractivity contribution is -0.137. The van der Waals surface area contributed by atoms with Gasteiger partial charge in [0, 0.05) is 17.7 Å². The first-order valence-electron chi connectivity index (χ1n) is 11.3. The van der Waals surface area contributed by atoms with Crippen LogP contribution in [0.1, 0.15) is 40.9 Å². The number of hydrogen-bond acceptors (Lipinski definition) is 5. The summed E-state index contributed by atoms with van der Waals surface area (Å²) in [6.07, 6.45) is -4.27. The van der Waals surface area contributed by atoms with Gasteiger partial charge in [-0.1, -0.05) is 17.7 Å². The summed E-state index contributed by atoms with van der Waals surface area (Å²) in [5.41, 5.74) is 3.38. The van der Waals surface area contributed by atoms with E-state index in [1.54, 1.807) is 6.07 Å². The summed E-state index contributed by atoms with van der Waals surface area (Å²) >= 11 is 6.38. The minimum absolute atomic E-state index is 0.249. The fourth-order valence-corrected chi connectivity index (χ4v) is 4.72. The topological polar surface area (TPSA) is 74.4 Å². The van der Waals surface area contributed by atoms with Gasteiger partial charge in [0.15, 0.2) is 6.29 Å². The standard InChI is InChI=1S/C26H24ClF3N4O2/c1-13-4-9-19(18(27)10-13)32-24-33-20-11-16(22-17(21(20)34-24)12-25(2,3)36-22)23(35)31-15-7-5-14(6-8-15)26(28,29)30/h4-11,24,32-34H,12H2,1-3H3,(H,31,35).